The lowest BCUT2D eigenvalue weighted by atomic mass is 9.90. The Hall–Kier alpha value is -2.89. The van der Waals surface area contributed by atoms with Gasteiger partial charge in [0, 0.05) is 25.9 Å². The molecule has 2 aromatic carbocycles. The van der Waals surface area contributed by atoms with Crippen LogP contribution in [0.2, 0.25) is 0 Å². The van der Waals surface area contributed by atoms with Crippen LogP contribution >= 0.6 is 0 Å². The molecule has 0 bridgehead atoms. The average molecular weight is 382 g/mol. The molecule has 1 N–H and O–H groups in total. The van der Waals surface area contributed by atoms with E-state index in [1.807, 2.05) is 30.0 Å². The summed E-state index contributed by atoms with van der Waals surface area (Å²) in [5.74, 6) is 0.200. The van der Waals surface area contributed by atoms with Crippen molar-refractivity contribution in [3.63, 3.8) is 0 Å². The number of carbonyl (C=O) groups is 2. The van der Waals surface area contributed by atoms with Gasteiger partial charge in [0.15, 0.2) is 0 Å². The number of benzene rings is 2. The number of fused-ring (bicyclic) bond motifs is 1. The van der Waals surface area contributed by atoms with E-state index in [1.165, 1.54) is 12.1 Å². The highest BCUT2D eigenvalue weighted by Gasteiger charge is 2.40. The molecule has 1 saturated heterocycles. The number of hydrogen-bond acceptors (Lipinski definition) is 3. The first-order valence-corrected chi connectivity index (χ1v) is 9.54. The monoisotopic (exact) mass is 382 g/mol. The largest absolute Gasteiger partial charge is 0.484 e. The molecule has 2 heterocycles. The number of halogens is 1. The zero-order valence-electron chi connectivity index (χ0n) is 15.8. The number of ether oxygens (including phenoxy) is 1. The Morgan fingerprint density at radius 3 is 2.61 bits per heavy atom. The normalized spacial score (nSPS) is 18.1. The van der Waals surface area contributed by atoms with Crippen molar-refractivity contribution in [2.75, 3.05) is 19.6 Å². The summed E-state index contributed by atoms with van der Waals surface area (Å²) in [6, 6.07) is 11.6. The first kappa shape index (κ1) is 18.5. The van der Waals surface area contributed by atoms with Crippen LogP contribution in [0.3, 0.4) is 0 Å². The lowest BCUT2D eigenvalue weighted by molar-refractivity contribution is -0.133. The zero-order valence-corrected chi connectivity index (χ0v) is 15.8. The number of amides is 2. The minimum atomic E-state index is -0.497. The molecule has 146 valence electrons. The molecule has 2 amide bonds. The quantitative estimate of drug-likeness (QED) is 0.869. The van der Waals surface area contributed by atoms with Gasteiger partial charge in [-0.1, -0.05) is 23.8 Å². The van der Waals surface area contributed by atoms with Gasteiger partial charge in [-0.3, -0.25) is 9.59 Å². The summed E-state index contributed by atoms with van der Waals surface area (Å²) in [5.41, 5.74) is 1.87. The molecule has 0 unspecified atom stereocenters. The van der Waals surface area contributed by atoms with E-state index in [4.69, 9.17) is 4.74 Å². The molecule has 6 heteroatoms. The second kappa shape index (κ2) is 7.26. The molecule has 0 aromatic heterocycles. The maximum absolute atomic E-state index is 13.0. The fourth-order valence-corrected chi connectivity index (χ4v) is 3.85. The summed E-state index contributed by atoms with van der Waals surface area (Å²) in [5, 5.41) is 2.97. The van der Waals surface area contributed by atoms with Gasteiger partial charge in [-0.25, -0.2) is 4.39 Å². The molecule has 0 aliphatic carbocycles. The van der Waals surface area contributed by atoms with E-state index < -0.39 is 5.60 Å². The van der Waals surface area contributed by atoms with Crippen molar-refractivity contribution in [2.24, 2.45) is 0 Å². The Kier molecular flexibility index (Phi) is 4.79. The fourth-order valence-electron chi connectivity index (χ4n) is 3.85. The first-order valence-electron chi connectivity index (χ1n) is 9.54. The van der Waals surface area contributed by atoms with Crippen molar-refractivity contribution in [1.82, 2.24) is 10.2 Å². The van der Waals surface area contributed by atoms with E-state index in [9.17, 15) is 14.0 Å². The highest BCUT2D eigenvalue weighted by Crippen LogP contribution is 2.33. The summed E-state index contributed by atoms with van der Waals surface area (Å²) in [6.45, 7) is 3.51. The Morgan fingerprint density at radius 1 is 1.18 bits per heavy atom. The predicted molar refractivity (Wildman–Crippen MR) is 103 cm³/mol. The van der Waals surface area contributed by atoms with Gasteiger partial charge in [0.05, 0.1) is 18.5 Å². The van der Waals surface area contributed by atoms with Crippen LogP contribution in [0.25, 0.3) is 0 Å². The first-order chi connectivity index (χ1) is 13.4. The van der Waals surface area contributed by atoms with Gasteiger partial charge in [0.1, 0.15) is 17.2 Å². The van der Waals surface area contributed by atoms with Crippen molar-refractivity contribution >= 4 is 11.8 Å². The molecule has 2 aliphatic heterocycles. The van der Waals surface area contributed by atoms with Crippen molar-refractivity contribution in [3.05, 3.63) is 65.0 Å². The van der Waals surface area contributed by atoms with Crippen LogP contribution in [0.1, 0.15) is 34.3 Å². The van der Waals surface area contributed by atoms with Gasteiger partial charge in [-0.15, -0.1) is 0 Å². The zero-order chi connectivity index (χ0) is 19.7. The van der Waals surface area contributed by atoms with Crippen LogP contribution in [0, 0.1) is 12.7 Å². The average Bonchev–Trinajstić information content (AvgIpc) is 2.82. The Morgan fingerprint density at radius 2 is 1.89 bits per heavy atom. The van der Waals surface area contributed by atoms with Gasteiger partial charge in [-0.05, 0) is 36.8 Å². The van der Waals surface area contributed by atoms with E-state index in [0.29, 0.717) is 43.8 Å². The second-order valence-corrected chi connectivity index (χ2v) is 7.65. The van der Waals surface area contributed by atoms with Crippen molar-refractivity contribution in [2.45, 2.75) is 31.8 Å². The number of nitrogens with one attached hydrogen (secondary N) is 1. The lowest BCUT2D eigenvalue weighted by Gasteiger charge is -2.41. The van der Waals surface area contributed by atoms with E-state index in [1.54, 1.807) is 12.1 Å². The molecule has 0 saturated carbocycles. The Bertz CT molecular complexity index is 902. The SMILES string of the molecule is Cc1ccc2c(c1)C(=O)NCC1(CCN(C(=O)Cc3ccc(F)cc3)CC1)O2. The topological polar surface area (TPSA) is 58.6 Å². The maximum atomic E-state index is 13.0. The second-order valence-electron chi connectivity index (χ2n) is 7.65. The number of carbonyl (C=O) groups excluding carboxylic acids is 2. The van der Waals surface area contributed by atoms with E-state index >= 15 is 0 Å². The molecule has 28 heavy (non-hydrogen) atoms. The molecule has 2 aliphatic rings. The molecule has 2 aromatic rings. The van der Waals surface area contributed by atoms with Crippen LogP contribution in [-0.4, -0.2) is 41.9 Å². The highest BCUT2D eigenvalue weighted by molar-refractivity contribution is 5.97. The molecule has 5 nitrogen and oxygen atoms in total. The molecule has 0 radical (unpaired) electrons. The summed E-state index contributed by atoms with van der Waals surface area (Å²) in [7, 11) is 0. The number of rotatable bonds is 2. The number of piperidine rings is 1. The maximum Gasteiger partial charge on any atom is 0.255 e. The molecule has 0 atom stereocenters. The van der Waals surface area contributed by atoms with E-state index in [-0.39, 0.29) is 24.1 Å². The highest BCUT2D eigenvalue weighted by atomic mass is 19.1. The lowest BCUT2D eigenvalue weighted by Crippen LogP contribution is -2.54. The summed E-state index contributed by atoms with van der Waals surface area (Å²) >= 11 is 0. The standard InChI is InChI=1S/C22H23FN2O3/c1-15-2-7-19-18(12-15)21(27)24-14-22(28-19)8-10-25(11-9-22)20(26)13-16-3-5-17(23)6-4-16/h2-7,12H,8-11,13-14H2,1H3,(H,24,27). The third-order valence-electron chi connectivity index (χ3n) is 5.57. The van der Waals surface area contributed by atoms with Crippen LogP contribution in [0.5, 0.6) is 5.75 Å². The van der Waals surface area contributed by atoms with Gasteiger partial charge in [-0.2, -0.15) is 0 Å². The Labute approximate surface area is 163 Å². The van der Waals surface area contributed by atoms with Crippen LogP contribution in [-0.2, 0) is 11.2 Å². The van der Waals surface area contributed by atoms with Gasteiger partial charge in [0.25, 0.3) is 5.91 Å². The van der Waals surface area contributed by atoms with Crippen LogP contribution < -0.4 is 10.1 Å². The van der Waals surface area contributed by atoms with Gasteiger partial charge >= 0.3 is 0 Å². The third-order valence-corrected chi connectivity index (χ3v) is 5.57. The summed E-state index contributed by atoms with van der Waals surface area (Å²) in [6.07, 6.45) is 1.55. The summed E-state index contributed by atoms with van der Waals surface area (Å²) < 4.78 is 19.3. The predicted octanol–water partition coefficient (Wildman–Crippen LogP) is 2.86. The van der Waals surface area contributed by atoms with Gasteiger partial charge < -0.3 is 15.0 Å². The minimum absolute atomic E-state index is 0.0233. The number of likely N-dealkylation sites (tertiary alicyclic amines) is 1. The van der Waals surface area contributed by atoms with E-state index in [2.05, 4.69) is 5.32 Å². The van der Waals surface area contributed by atoms with Crippen LogP contribution in [0.15, 0.2) is 42.5 Å². The smallest absolute Gasteiger partial charge is 0.255 e. The third kappa shape index (κ3) is 3.72. The minimum Gasteiger partial charge on any atom is -0.484 e. The molecular formula is C22H23FN2O3. The fraction of sp³-hybridized carbons (Fsp3) is 0.364. The van der Waals surface area contributed by atoms with Crippen LogP contribution in [0.4, 0.5) is 4.39 Å². The number of nitrogens with zero attached hydrogens (tertiary/aromatic N) is 1. The molecule has 1 fully saturated rings. The number of aryl methyl sites for hydroxylation is 1. The van der Waals surface area contributed by atoms with E-state index in [0.717, 1.165) is 11.1 Å². The van der Waals surface area contributed by atoms with Crippen molar-refractivity contribution in [3.8, 4) is 5.75 Å². The molecule has 1 spiro atoms. The van der Waals surface area contributed by atoms with Gasteiger partial charge in [0.2, 0.25) is 5.91 Å². The summed E-state index contributed by atoms with van der Waals surface area (Å²) in [4.78, 5) is 26.8. The Balaban J connectivity index is 1.43. The molecule has 4 rings (SSSR count). The molecular weight excluding hydrogens is 359 g/mol. The number of hydrogen-bond donors (Lipinski definition) is 1. The van der Waals surface area contributed by atoms with Crippen molar-refractivity contribution < 1.29 is 18.7 Å². The van der Waals surface area contributed by atoms with Crippen molar-refractivity contribution in [1.29, 1.82) is 0 Å².